The highest BCUT2D eigenvalue weighted by atomic mass is 35.5. The van der Waals surface area contributed by atoms with E-state index in [4.69, 9.17) is 21.1 Å². The molecule has 0 amide bonds. The number of carbonyl (C=O) groups is 1. The summed E-state index contributed by atoms with van der Waals surface area (Å²) in [5.74, 6) is 1.56. The van der Waals surface area contributed by atoms with Gasteiger partial charge in [0.15, 0.2) is 5.56 Å². The Morgan fingerprint density at radius 1 is 1.29 bits per heavy atom. The lowest BCUT2D eigenvalue weighted by Crippen LogP contribution is -2.36. The number of alkyl halides is 1. The summed E-state index contributed by atoms with van der Waals surface area (Å²) in [4.78, 5) is 11.5. The van der Waals surface area contributed by atoms with Crippen LogP contribution in [0.4, 0.5) is 4.79 Å². The van der Waals surface area contributed by atoms with Crippen molar-refractivity contribution < 1.29 is 14.3 Å². The van der Waals surface area contributed by atoms with Crippen molar-refractivity contribution in [1.29, 1.82) is 0 Å². The van der Waals surface area contributed by atoms with Crippen molar-refractivity contribution in [3.8, 4) is 0 Å². The van der Waals surface area contributed by atoms with Crippen molar-refractivity contribution in [2.24, 2.45) is 17.8 Å². The molecule has 4 atom stereocenters. The number of carbonyl (C=O) groups excluding carboxylic acids is 1. The average Bonchev–Trinajstić information content (AvgIpc) is 2.15. The van der Waals surface area contributed by atoms with E-state index in [1.54, 1.807) is 6.92 Å². The van der Waals surface area contributed by atoms with E-state index >= 15 is 0 Å². The van der Waals surface area contributed by atoms with Crippen molar-refractivity contribution in [2.45, 2.75) is 58.6 Å². The van der Waals surface area contributed by atoms with Gasteiger partial charge in [0.25, 0.3) is 0 Å². The number of hydrogen-bond donors (Lipinski definition) is 0. The van der Waals surface area contributed by atoms with E-state index in [1.165, 1.54) is 6.42 Å². The van der Waals surface area contributed by atoms with Crippen molar-refractivity contribution in [1.82, 2.24) is 0 Å². The quantitative estimate of drug-likeness (QED) is 0.565. The predicted octanol–water partition coefficient (Wildman–Crippen LogP) is 4.19. The normalized spacial score (nSPS) is 31.1. The molecular formula is C13H23ClO3. The van der Waals surface area contributed by atoms with E-state index in [0.717, 1.165) is 12.8 Å². The van der Waals surface area contributed by atoms with Crippen LogP contribution >= 0.6 is 11.6 Å². The number of hydrogen-bond acceptors (Lipinski definition) is 3. The molecule has 1 aliphatic rings. The van der Waals surface area contributed by atoms with Crippen LogP contribution in [0.15, 0.2) is 0 Å². The third kappa shape index (κ3) is 4.74. The standard InChI is InChI=1S/C13H23ClO3/c1-8(2)11-6-5-9(3)7-12(11)17-13(15)16-10(4)14/h8-12H,5-7H2,1-4H3/t9-,10-,11+,12-/m1/s1. The molecule has 4 heteroatoms. The van der Waals surface area contributed by atoms with Gasteiger partial charge in [-0.2, -0.15) is 0 Å². The third-order valence-corrected chi connectivity index (χ3v) is 3.56. The van der Waals surface area contributed by atoms with Gasteiger partial charge in [-0.05, 0) is 37.5 Å². The molecule has 0 aromatic rings. The lowest BCUT2D eigenvalue weighted by atomic mass is 9.75. The first-order chi connectivity index (χ1) is 7.90. The summed E-state index contributed by atoms with van der Waals surface area (Å²) < 4.78 is 10.2. The number of rotatable bonds is 3. The summed E-state index contributed by atoms with van der Waals surface area (Å²) in [6, 6.07) is 0. The van der Waals surface area contributed by atoms with Crippen LogP contribution < -0.4 is 0 Å². The second kappa shape index (κ2) is 6.48. The summed E-state index contributed by atoms with van der Waals surface area (Å²) >= 11 is 5.59. The van der Waals surface area contributed by atoms with Crippen LogP contribution in [0.1, 0.15) is 47.0 Å². The topological polar surface area (TPSA) is 35.5 Å². The van der Waals surface area contributed by atoms with Crippen molar-refractivity contribution in [3.63, 3.8) is 0 Å². The first-order valence-electron chi connectivity index (χ1n) is 6.41. The number of ether oxygens (including phenoxy) is 2. The number of halogens is 1. The second-order valence-corrected chi connectivity index (χ2v) is 6.01. The van der Waals surface area contributed by atoms with Gasteiger partial charge in [0.2, 0.25) is 0 Å². The minimum absolute atomic E-state index is 0.0262. The molecule has 1 fully saturated rings. The van der Waals surface area contributed by atoms with E-state index in [1.807, 2.05) is 0 Å². The molecule has 0 aromatic carbocycles. The SMILES string of the molecule is CC(C)[C@@H]1CC[C@@H](C)C[C@H]1OC(=O)O[C@H](C)Cl. The average molecular weight is 263 g/mol. The maximum absolute atomic E-state index is 11.5. The second-order valence-electron chi connectivity index (χ2n) is 5.39. The minimum atomic E-state index is -0.641. The van der Waals surface area contributed by atoms with Crippen molar-refractivity contribution >= 4 is 17.8 Å². The molecule has 100 valence electrons. The zero-order valence-corrected chi connectivity index (χ0v) is 11.9. The molecule has 0 aliphatic heterocycles. The Bertz CT molecular complexity index is 253. The first-order valence-corrected chi connectivity index (χ1v) is 6.85. The fourth-order valence-corrected chi connectivity index (χ4v) is 2.61. The van der Waals surface area contributed by atoms with Gasteiger partial charge >= 0.3 is 6.16 Å². The highest BCUT2D eigenvalue weighted by Gasteiger charge is 2.33. The molecule has 0 spiro atoms. The Hall–Kier alpha value is -0.440. The fourth-order valence-electron chi connectivity index (χ4n) is 2.53. The third-order valence-electron chi connectivity index (χ3n) is 3.47. The van der Waals surface area contributed by atoms with Gasteiger partial charge in [-0.25, -0.2) is 4.79 Å². The maximum Gasteiger partial charge on any atom is 0.510 e. The molecule has 1 saturated carbocycles. The molecule has 3 nitrogen and oxygen atoms in total. The van der Waals surface area contributed by atoms with Crippen LogP contribution in [0.25, 0.3) is 0 Å². The summed E-state index contributed by atoms with van der Waals surface area (Å²) in [5.41, 5.74) is -0.638. The van der Waals surface area contributed by atoms with E-state index < -0.39 is 11.7 Å². The van der Waals surface area contributed by atoms with Gasteiger partial charge in [-0.3, -0.25) is 0 Å². The van der Waals surface area contributed by atoms with E-state index in [2.05, 4.69) is 20.8 Å². The summed E-state index contributed by atoms with van der Waals surface area (Å²) in [5, 5.41) is 0. The van der Waals surface area contributed by atoms with Gasteiger partial charge in [0.05, 0.1) is 0 Å². The zero-order chi connectivity index (χ0) is 13.0. The lowest BCUT2D eigenvalue weighted by Gasteiger charge is -2.36. The Kier molecular flexibility index (Phi) is 5.57. The van der Waals surface area contributed by atoms with E-state index in [0.29, 0.717) is 17.8 Å². The van der Waals surface area contributed by atoms with Crippen LogP contribution in [-0.2, 0) is 9.47 Å². The van der Waals surface area contributed by atoms with Gasteiger partial charge in [0, 0.05) is 0 Å². The Morgan fingerprint density at radius 2 is 1.94 bits per heavy atom. The highest BCUT2D eigenvalue weighted by molar-refractivity contribution is 6.19. The Balaban J connectivity index is 2.54. The molecular weight excluding hydrogens is 240 g/mol. The summed E-state index contributed by atoms with van der Waals surface area (Å²) in [7, 11) is 0. The van der Waals surface area contributed by atoms with Gasteiger partial charge in [-0.1, -0.05) is 38.8 Å². The van der Waals surface area contributed by atoms with Crippen LogP contribution in [0.2, 0.25) is 0 Å². The molecule has 1 rings (SSSR count). The highest BCUT2D eigenvalue weighted by Crippen LogP contribution is 2.35. The summed E-state index contributed by atoms with van der Waals surface area (Å²) in [6.07, 6.45) is 2.59. The van der Waals surface area contributed by atoms with Crippen LogP contribution in [-0.4, -0.2) is 17.8 Å². The molecule has 0 N–H and O–H groups in total. The van der Waals surface area contributed by atoms with Gasteiger partial charge in [0.1, 0.15) is 6.10 Å². The maximum atomic E-state index is 11.5. The van der Waals surface area contributed by atoms with E-state index in [9.17, 15) is 4.79 Å². The molecule has 0 aromatic heterocycles. The van der Waals surface area contributed by atoms with Crippen LogP contribution in [0.5, 0.6) is 0 Å². The van der Waals surface area contributed by atoms with Crippen LogP contribution in [0.3, 0.4) is 0 Å². The van der Waals surface area contributed by atoms with Gasteiger partial charge in [-0.15, -0.1) is 0 Å². The van der Waals surface area contributed by atoms with Gasteiger partial charge < -0.3 is 9.47 Å². The van der Waals surface area contributed by atoms with E-state index in [-0.39, 0.29) is 6.10 Å². The molecule has 17 heavy (non-hydrogen) atoms. The van der Waals surface area contributed by atoms with Crippen molar-refractivity contribution in [3.05, 3.63) is 0 Å². The minimum Gasteiger partial charge on any atom is -0.431 e. The molecule has 0 unspecified atom stereocenters. The summed E-state index contributed by atoms with van der Waals surface area (Å²) in [6.45, 7) is 8.15. The van der Waals surface area contributed by atoms with Crippen LogP contribution in [0, 0.1) is 17.8 Å². The zero-order valence-electron chi connectivity index (χ0n) is 11.1. The molecule has 1 aliphatic carbocycles. The Morgan fingerprint density at radius 3 is 2.47 bits per heavy atom. The predicted molar refractivity (Wildman–Crippen MR) is 68.0 cm³/mol. The lowest BCUT2D eigenvalue weighted by molar-refractivity contribution is -0.0342. The van der Waals surface area contributed by atoms with Crippen molar-refractivity contribution in [2.75, 3.05) is 0 Å². The molecule has 0 saturated heterocycles. The fraction of sp³-hybridized carbons (Fsp3) is 0.923. The molecule has 0 radical (unpaired) electrons. The first kappa shape index (κ1) is 14.6. The molecule has 0 heterocycles. The smallest absolute Gasteiger partial charge is 0.431 e. The molecule has 0 bridgehead atoms. The largest absolute Gasteiger partial charge is 0.510 e. The monoisotopic (exact) mass is 262 g/mol. The Labute approximate surface area is 109 Å².